The molecular weight excluding hydrogens is 348 g/mol. The van der Waals surface area contributed by atoms with Crippen molar-refractivity contribution in [2.75, 3.05) is 11.9 Å². The fourth-order valence-corrected chi connectivity index (χ4v) is 4.20. The highest BCUT2D eigenvalue weighted by Crippen LogP contribution is 2.39. The van der Waals surface area contributed by atoms with E-state index < -0.39 is 6.23 Å². The molecule has 2 aromatic rings. The van der Waals surface area contributed by atoms with Gasteiger partial charge in [-0.25, -0.2) is 0 Å². The molecule has 0 saturated carbocycles. The van der Waals surface area contributed by atoms with Crippen LogP contribution in [0.15, 0.2) is 60.7 Å². The Balaban J connectivity index is 1.97. The predicted molar refractivity (Wildman–Crippen MR) is 114 cm³/mol. The van der Waals surface area contributed by atoms with Crippen molar-refractivity contribution in [3.63, 3.8) is 0 Å². The van der Waals surface area contributed by atoms with E-state index in [1.807, 2.05) is 72.6 Å². The van der Waals surface area contributed by atoms with Crippen molar-refractivity contribution >= 4 is 11.5 Å². The quantitative estimate of drug-likeness (QED) is 0.502. The molecule has 4 nitrogen and oxygen atoms in total. The van der Waals surface area contributed by atoms with Crippen LogP contribution in [-0.4, -0.2) is 35.2 Å². The molecule has 0 spiro atoms. The van der Waals surface area contributed by atoms with E-state index in [2.05, 4.69) is 32.8 Å². The lowest BCUT2D eigenvalue weighted by Gasteiger charge is -2.52. The van der Waals surface area contributed by atoms with Gasteiger partial charge in [-0.2, -0.15) is 5.06 Å². The largest absolute Gasteiger partial charge is 0.341 e. The van der Waals surface area contributed by atoms with Crippen LogP contribution in [0.5, 0.6) is 0 Å². The van der Waals surface area contributed by atoms with Crippen molar-refractivity contribution in [2.45, 2.75) is 64.3 Å². The lowest BCUT2D eigenvalue weighted by molar-refractivity contribution is -0.294. The summed E-state index contributed by atoms with van der Waals surface area (Å²) in [6, 6.07) is 19.3. The number of carbonyl (C=O) groups excluding carboxylic acids is 1. The van der Waals surface area contributed by atoms with Gasteiger partial charge >= 0.3 is 0 Å². The molecule has 0 aliphatic carbocycles. The molecule has 0 bridgehead atoms. The predicted octanol–water partition coefficient (Wildman–Crippen LogP) is 5.31. The van der Waals surface area contributed by atoms with E-state index in [9.17, 15) is 4.79 Å². The van der Waals surface area contributed by atoms with Crippen LogP contribution in [0.3, 0.4) is 0 Å². The summed E-state index contributed by atoms with van der Waals surface area (Å²) in [5.74, 6) is -0.0378. The van der Waals surface area contributed by atoms with E-state index in [0.29, 0.717) is 5.56 Å². The minimum absolute atomic E-state index is 0.0378. The minimum Gasteiger partial charge on any atom is -0.341 e. The molecule has 0 N–H and O–H groups in total. The molecule has 150 valence electrons. The van der Waals surface area contributed by atoms with Crippen LogP contribution >= 0.6 is 0 Å². The van der Waals surface area contributed by atoms with Crippen molar-refractivity contribution < 1.29 is 9.63 Å². The molecule has 0 radical (unpaired) electrons. The van der Waals surface area contributed by atoms with Gasteiger partial charge in [0.05, 0.1) is 0 Å². The molecule has 1 aliphatic rings. The molecule has 1 aliphatic heterocycles. The van der Waals surface area contributed by atoms with Crippen molar-refractivity contribution in [3.05, 3.63) is 66.2 Å². The number of nitrogens with zero attached hydrogens (tertiary/aromatic N) is 2. The Hall–Kier alpha value is -2.17. The maximum atomic E-state index is 13.5. The van der Waals surface area contributed by atoms with Gasteiger partial charge in [-0.1, -0.05) is 48.5 Å². The van der Waals surface area contributed by atoms with Crippen molar-refractivity contribution in [1.29, 1.82) is 0 Å². The molecule has 0 amide bonds. The Kier molecular flexibility index (Phi) is 5.92. The van der Waals surface area contributed by atoms with E-state index >= 15 is 0 Å². The molecule has 2 aromatic carbocycles. The van der Waals surface area contributed by atoms with Crippen LogP contribution < -0.4 is 4.90 Å². The zero-order chi connectivity index (χ0) is 20.4. The smallest absolute Gasteiger partial charge is 0.214 e. The van der Waals surface area contributed by atoms with E-state index in [-0.39, 0.29) is 16.9 Å². The number of Topliss-reactive ketones (excluding diaryl/α,β-unsaturated/α-hetero) is 1. The number of piperidine rings is 1. The highest BCUT2D eigenvalue weighted by molar-refractivity contribution is 6.00. The van der Waals surface area contributed by atoms with Gasteiger partial charge in [0.25, 0.3) is 0 Å². The zero-order valence-electron chi connectivity index (χ0n) is 17.7. The molecule has 3 rings (SSSR count). The minimum atomic E-state index is -0.735. The third kappa shape index (κ3) is 4.29. The first-order valence-electron chi connectivity index (χ1n) is 10.1. The second kappa shape index (κ2) is 8.06. The van der Waals surface area contributed by atoms with Crippen LogP contribution in [0.4, 0.5) is 5.69 Å². The number of hydroxylamine groups is 2. The summed E-state index contributed by atoms with van der Waals surface area (Å²) in [6.07, 6.45) is 2.50. The normalized spacial score (nSPS) is 19.8. The number of carbonyl (C=O) groups is 1. The number of hydrogen-bond donors (Lipinski definition) is 0. The van der Waals surface area contributed by atoms with Gasteiger partial charge in [0.2, 0.25) is 12.0 Å². The van der Waals surface area contributed by atoms with E-state index in [1.165, 1.54) is 0 Å². The Morgan fingerprint density at radius 3 is 1.96 bits per heavy atom. The summed E-state index contributed by atoms with van der Waals surface area (Å²) in [5.41, 5.74) is 1.32. The maximum absolute atomic E-state index is 13.5. The summed E-state index contributed by atoms with van der Waals surface area (Å²) < 4.78 is 0. The number of hydrogen-bond acceptors (Lipinski definition) is 4. The topological polar surface area (TPSA) is 32.8 Å². The molecule has 1 fully saturated rings. The number of benzene rings is 2. The molecular formula is C24H32N2O2. The second-order valence-corrected chi connectivity index (χ2v) is 8.91. The lowest BCUT2D eigenvalue weighted by atomic mass is 9.82. The zero-order valence-corrected chi connectivity index (χ0v) is 17.7. The third-order valence-electron chi connectivity index (χ3n) is 5.68. The van der Waals surface area contributed by atoms with Gasteiger partial charge in [-0.3, -0.25) is 9.63 Å². The summed E-state index contributed by atoms with van der Waals surface area (Å²) in [5, 5.41) is 2.06. The molecule has 1 heterocycles. The van der Waals surface area contributed by atoms with Crippen LogP contribution in [0.25, 0.3) is 0 Å². The van der Waals surface area contributed by atoms with E-state index in [0.717, 1.165) is 24.9 Å². The number of likely N-dealkylation sites (N-methyl/N-ethyl adjacent to an activating group) is 1. The molecule has 28 heavy (non-hydrogen) atoms. The molecule has 4 heteroatoms. The highest BCUT2D eigenvalue weighted by atomic mass is 16.7. The Labute approximate surface area is 169 Å². The summed E-state index contributed by atoms with van der Waals surface area (Å²) in [4.78, 5) is 22.0. The van der Waals surface area contributed by atoms with Crippen LogP contribution in [0.1, 0.15) is 57.3 Å². The maximum Gasteiger partial charge on any atom is 0.214 e. The van der Waals surface area contributed by atoms with Crippen LogP contribution in [-0.2, 0) is 4.84 Å². The Morgan fingerprint density at radius 2 is 1.43 bits per heavy atom. The number of ketones is 1. The third-order valence-corrected chi connectivity index (χ3v) is 5.68. The van der Waals surface area contributed by atoms with Gasteiger partial charge in [0.15, 0.2) is 0 Å². The first-order valence-corrected chi connectivity index (χ1v) is 10.1. The average Bonchev–Trinajstić information content (AvgIpc) is 2.67. The average molecular weight is 381 g/mol. The standard InChI is InChI=1S/C24H32N2O2/c1-23(2)17-12-18-24(3,4)26(23)28-22(21(27)19-13-8-6-9-14-19)25(5)20-15-10-7-11-16-20/h6-11,13-16,22H,12,17-18H2,1-5H3. The molecule has 0 aromatic heterocycles. The molecule has 1 unspecified atom stereocenters. The fraction of sp³-hybridized carbons (Fsp3) is 0.458. The van der Waals surface area contributed by atoms with Gasteiger partial charge in [0, 0.05) is 29.4 Å². The van der Waals surface area contributed by atoms with Crippen molar-refractivity contribution in [1.82, 2.24) is 5.06 Å². The first kappa shape index (κ1) is 20.6. The Morgan fingerprint density at radius 1 is 0.929 bits per heavy atom. The highest BCUT2D eigenvalue weighted by Gasteiger charge is 2.45. The van der Waals surface area contributed by atoms with Crippen molar-refractivity contribution in [2.24, 2.45) is 0 Å². The van der Waals surface area contributed by atoms with Crippen LogP contribution in [0.2, 0.25) is 0 Å². The van der Waals surface area contributed by atoms with Gasteiger partial charge in [-0.05, 0) is 59.1 Å². The fourth-order valence-electron chi connectivity index (χ4n) is 4.20. The van der Waals surface area contributed by atoms with E-state index in [4.69, 9.17) is 4.84 Å². The SMILES string of the molecule is CN(c1ccccc1)C(ON1C(C)(C)CCCC1(C)C)C(=O)c1ccccc1. The lowest BCUT2D eigenvalue weighted by Crippen LogP contribution is -2.61. The van der Waals surface area contributed by atoms with Crippen molar-refractivity contribution in [3.8, 4) is 0 Å². The molecule has 1 saturated heterocycles. The molecule has 1 atom stereocenters. The van der Waals surface area contributed by atoms with Gasteiger partial charge in [0.1, 0.15) is 0 Å². The number of rotatable bonds is 6. The first-order chi connectivity index (χ1) is 13.2. The summed E-state index contributed by atoms with van der Waals surface area (Å²) in [7, 11) is 1.92. The van der Waals surface area contributed by atoms with Crippen LogP contribution in [0, 0.1) is 0 Å². The summed E-state index contributed by atoms with van der Waals surface area (Å²) >= 11 is 0. The van der Waals surface area contributed by atoms with Gasteiger partial charge < -0.3 is 4.90 Å². The summed E-state index contributed by atoms with van der Waals surface area (Å²) in [6.45, 7) is 8.78. The monoisotopic (exact) mass is 380 g/mol. The number of anilines is 1. The number of para-hydroxylation sites is 1. The second-order valence-electron chi connectivity index (χ2n) is 8.91. The van der Waals surface area contributed by atoms with Gasteiger partial charge in [-0.15, -0.1) is 0 Å². The Bertz CT molecular complexity index is 771. The van der Waals surface area contributed by atoms with E-state index in [1.54, 1.807) is 0 Å².